The highest BCUT2D eigenvalue weighted by molar-refractivity contribution is 5.96. The van der Waals surface area contributed by atoms with Gasteiger partial charge in [0.25, 0.3) is 5.91 Å². The Morgan fingerprint density at radius 3 is 2.74 bits per heavy atom. The fourth-order valence-electron chi connectivity index (χ4n) is 3.37. The molecule has 3 rings (SSSR count). The number of pyridine rings is 1. The zero-order chi connectivity index (χ0) is 22.6. The average molecular weight is 435 g/mol. The molecule has 6 nitrogen and oxygen atoms in total. The molecule has 1 aromatic carbocycles. The van der Waals surface area contributed by atoms with Crippen molar-refractivity contribution >= 4 is 23.4 Å². The van der Waals surface area contributed by atoms with Gasteiger partial charge in [0.2, 0.25) is 0 Å². The molecule has 1 unspecified atom stereocenters. The third kappa shape index (κ3) is 5.96. The lowest BCUT2D eigenvalue weighted by Gasteiger charge is -2.22. The van der Waals surface area contributed by atoms with Crippen LogP contribution in [0.1, 0.15) is 54.1 Å². The number of rotatable bonds is 6. The average Bonchev–Trinajstić information content (AvgIpc) is 2.71. The molecule has 1 atom stereocenters. The number of anilines is 2. The third-order valence-electron chi connectivity index (χ3n) is 5.06. The summed E-state index contributed by atoms with van der Waals surface area (Å²) >= 11 is 0. The van der Waals surface area contributed by atoms with Crippen molar-refractivity contribution in [3.63, 3.8) is 0 Å². The fourth-order valence-corrected chi connectivity index (χ4v) is 3.37. The first-order valence-electron chi connectivity index (χ1n) is 10.0. The van der Waals surface area contributed by atoms with E-state index in [9.17, 15) is 22.8 Å². The van der Waals surface area contributed by atoms with Crippen LogP contribution in [0.5, 0.6) is 0 Å². The molecule has 1 aliphatic heterocycles. The summed E-state index contributed by atoms with van der Waals surface area (Å²) in [4.78, 5) is 28.3. The van der Waals surface area contributed by atoms with E-state index in [0.29, 0.717) is 36.5 Å². The van der Waals surface area contributed by atoms with Crippen molar-refractivity contribution in [3.8, 4) is 0 Å². The van der Waals surface area contributed by atoms with Gasteiger partial charge in [0.05, 0.1) is 24.2 Å². The zero-order valence-electron chi connectivity index (χ0n) is 17.3. The van der Waals surface area contributed by atoms with Crippen molar-refractivity contribution in [2.24, 2.45) is 5.92 Å². The van der Waals surface area contributed by atoms with Gasteiger partial charge in [-0.2, -0.15) is 13.2 Å². The van der Waals surface area contributed by atoms with E-state index in [0.717, 1.165) is 12.1 Å². The highest BCUT2D eigenvalue weighted by Crippen LogP contribution is 2.31. The van der Waals surface area contributed by atoms with Crippen LogP contribution >= 0.6 is 0 Å². The number of amides is 1. The molecular formula is C22H24F3N3O3. The Bertz CT molecular complexity index is 961. The monoisotopic (exact) mass is 435 g/mol. The second-order valence-corrected chi connectivity index (χ2v) is 7.80. The summed E-state index contributed by atoms with van der Waals surface area (Å²) in [6.45, 7) is 4.54. The number of carbonyl (C=O) groups is 2. The van der Waals surface area contributed by atoms with Gasteiger partial charge in [0.15, 0.2) is 0 Å². The van der Waals surface area contributed by atoms with Crippen LogP contribution in [0.25, 0.3) is 0 Å². The lowest BCUT2D eigenvalue weighted by atomic mass is 9.97. The van der Waals surface area contributed by atoms with Crippen molar-refractivity contribution in [3.05, 3.63) is 53.2 Å². The molecule has 0 saturated carbocycles. The molecule has 31 heavy (non-hydrogen) atoms. The summed E-state index contributed by atoms with van der Waals surface area (Å²) < 4.78 is 43.7. The van der Waals surface area contributed by atoms with Crippen LogP contribution in [0, 0.1) is 5.92 Å². The number of cyclic esters (lactones) is 1. The van der Waals surface area contributed by atoms with Gasteiger partial charge in [-0.15, -0.1) is 0 Å². The molecule has 0 spiro atoms. The van der Waals surface area contributed by atoms with E-state index < -0.39 is 11.7 Å². The molecule has 1 aromatic heterocycles. The Morgan fingerprint density at radius 2 is 2.06 bits per heavy atom. The highest BCUT2D eigenvalue weighted by atomic mass is 19.4. The van der Waals surface area contributed by atoms with Crippen molar-refractivity contribution in [1.29, 1.82) is 0 Å². The molecule has 1 saturated heterocycles. The third-order valence-corrected chi connectivity index (χ3v) is 5.06. The summed E-state index contributed by atoms with van der Waals surface area (Å²) in [6.07, 6.45) is -2.06. The van der Waals surface area contributed by atoms with Gasteiger partial charge < -0.3 is 15.4 Å². The number of benzene rings is 1. The van der Waals surface area contributed by atoms with E-state index in [4.69, 9.17) is 4.74 Å². The van der Waals surface area contributed by atoms with Gasteiger partial charge >= 0.3 is 12.1 Å². The van der Waals surface area contributed by atoms with Crippen molar-refractivity contribution in [2.75, 3.05) is 18.5 Å². The predicted octanol–water partition coefficient (Wildman–Crippen LogP) is 4.65. The number of halogens is 3. The largest absolute Gasteiger partial charge is 0.466 e. The van der Waals surface area contributed by atoms with E-state index in [1.54, 1.807) is 6.07 Å². The zero-order valence-corrected chi connectivity index (χ0v) is 17.3. The molecule has 2 aromatic rings. The Labute approximate surface area is 178 Å². The second kappa shape index (κ2) is 9.36. The molecule has 166 valence electrons. The predicted molar refractivity (Wildman–Crippen MR) is 109 cm³/mol. The maximum atomic E-state index is 12.9. The standard InChI is InChI=1S/C22H24F3N3O3/c1-13(2)17-10-19(28-16-5-3-4-15(9-16)22(23,24)25)26-12-18(17)21(30)27-11-14-6-7-31-20(29)8-14/h3-5,9-10,12-14H,6-8,11H2,1-2H3,(H,26,28)(H,27,30). The first-order valence-corrected chi connectivity index (χ1v) is 10.0. The Kier molecular flexibility index (Phi) is 6.82. The van der Waals surface area contributed by atoms with Crippen LogP contribution < -0.4 is 10.6 Å². The Morgan fingerprint density at radius 1 is 1.29 bits per heavy atom. The number of hydrogen-bond donors (Lipinski definition) is 2. The topological polar surface area (TPSA) is 80.3 Å². The summed E-state index contributed by atoms with van der Waals surface area (Å²) in [7, 11) is 0. The maximum absolute atomic E-state index is 12.9. The van der Waals surface area contributed by atoms with Gasteiger partial charge in [-0.1, -0.05) is 19.9 Å². The molecule has 0 aliphatic carbocycles. The number of alkyl halides is 3. The highest BCUT2D eigenvalue weighted by Gasteiger charge is 2.30. The molecule has 0 radical (unpaired) electrons. The number of ether oxygens (including phenoxy) is 1. The summed E-state index contributed by atoms with van der Waals surface area (Å²) in [5.74, 6) is -0.214. The molecule has 2 N–H and O–H groups in total. The number of hydrogen-bond acceptors (Lipinski definition) is 5. The summed E-state index contributed by atoms with van der Waals surface area (Å²) in [6, 6.07) is 6.50. The number of aromatic nitrogens is 1. The molecular weight excluding hydrogens is 411 g/mol. The van der Waals surface area contributed by atoms with Gasteiger partial charge in [0, 0.05) is 18.4 Å². The SMILES string of the molecule is CC(C)c1cc(Nc2cccc(C(F)(F)F)c2)ncc1C(=O)NCC1CCOC(=O)C1. The van der Waals surface area contributed by atoms with Crippen LogP contribution in [0.3, 0.4) is 0 Å². The first kappa shape index (κ1) is 22.6. The van der Waals surface area contributed by atoms with E-state index in [2.05, 4.69) is 15.6 Å². The quantitative estimate of drug-likeness (QED) is 0.646. The second-order valence-electron chi connectivity index (χ2n) is 7.80. The fraction of sp³-hybridized carbons (Fsp3) is 0.409. The molecule has 1 amide bonds. The van der Waals surface area contributed by atoms with E-state index in [-0.39, 0.29) is 35.8 Å². The number of esters is 1. The van der Waals surface area contributed by atoms with E-state index in [1.807, 2.05) is 13.8 Å². The van der Waals surface area contributed by atoms with Crippen LogP contribution in [-0.2, 0) is 15.7 Å². The number of nitrogens with zero attached hydrogens (tertiary/aromatic N) is 1. The van der Waals surface area contributed by atoms with Gasteiger partial charge in [-0.3, -0.25) is 9.59 Å². The molecule has 1 fully saturated rings. The van der Waals surface area contributed by atoms with Crippen molar-refractivity contribution in [1.82, 2.24) is 10.3 Å². The van der Waals surface area contributed by atoms with Gasteiger partial charge in [0.1, 0.15) is 5.82 Å². The van der Waals surface area contributed by atoms with Crippen molar-refractivity contribution in [2.45, 2.75) is 38.8 Å². The maximum Gasteiger partial charge on any atom is 0.416 e. The molecule has 0 bridgehead atoms. The van der Waals surface area contributed by atoms with Gasteiger partial charge in [-0.05, 0) is 48.1 Å². The van der Waals surface area contributed by atoms with Crippen molar-refractivity contribution < 1.29 is 27.5 Å². The summed E-state index contributed by atoms with van der Waals surface area (Å²) in [5.41, 5.74) is 0.593. The molecule has 1 aliphatic rings. The minimum absolute atomic E-state index is 0.0181. The minimum Gasteiger partial charge on any atom is -0.466 e. The summed E-state index contributed by atoms with van der Waals surface area (Å²) in [5, 5.41) is 5.72. The van der Waals surface area contributed by atoms with E-state index in [1.165, 1.54) is 18.3 Å². The minimum atomic E-state index is -4.44. The van der Waals surface area contributed by atoms with E-state index >= 15 is 0 Å². The Balaban J connectivity index is 1.73. The van der Waals surface area contributed by atoms with Crippen LogP contribution in [-0.4, -0.2) is 30.0 Å². The van der Waals surface area contributed by atoms with Crippen LogP contribution in [0.15, 0.2) is 36.5 Å². The van der Waals surface area contributed by atoms with Crippen LogP contribution in [0.2, 0.25) is 0 Å². The lowest BCUT2D eigenvalue weighted by molar-refractivity contribution is -0.149. The van der Waals surface area contributed by atoms with Crippen LogP contribution in [0.4, 0.5) is 24.7 Å². The number of carbonyl (C=O) groups excluding carboxylic acids is 2. The Hall–Kier alpha value is -3.10. The lowest BCUT2D eigenvalue weighted by Crippen LogP contribution is -2.34. The molecule has 2 heterocycles. The smallest absolute Gasteiger partial charge is 0.416 e. The van der Waals surface area contributed by atoms with Gasteiger partial charge in [-0.25, -0.2) is 4.98 Å². The first-order chi connectivity index (χ1) is 14.6. The number of nitrogens with one attached hydrogen (secondary N) is 2. The molecule has 9 heteroatoms. The normalized spacial score (nSPS) is 16.7.